The van der Waals surface area contributed by atoms with Gasteiger partial charge < -0.3 is 9.80 Å². The van der Waals surface area contributed by atoms with Gasteiger partial charge in [-0.1, -0.05) is 29.8 Å². The van der Waals surface area contributed by atoms with Crippen LogP contribution < -0.4 is 4.90 Å². The standard InChI is InChI=1S/C23H22ClN3OS/c24-20-8-10-21(11-9-20)29-17-18-4-6-19(7-5-18)23(28)27-15-13-26(14-16-27)22-3-1-2-12-25-22/h1-12H,13-17H2. The largest absolute Gasteiger partial charge is 0.353 e. The number of aromatic nitrogens is 1. The van der Waals surface area contributed by atoms with E-state index < -0.39 is 0 Å². The van der Waals surface area contributed by atoms with E-state index in [9.17, 15) is 4.79 Å². The lowest BCUT2D eigenvalue weighted by Crippen LogP contribution is -2.49. The van der Waals surface area contributed by atoms with Gasteiger partial charge in [-0.2, -0.15) is 0 Å². The van der Waals surface area contributed by atoms with E-state index >= 15 is 0 Å². The molecule has 4 rings (SSSR count). The Hall–Kier alpha value is -2.50. The predicted molar refractivity (Wildman–Crippen MR) is 120 cm³/mol. The first-order valence-corrected chi connectivity index (χ1v) is 11.0. The summed E-state index contributed by atoms with van der Waals surface area (Å²) in [4.78, 5) is 22.6. The first-order chi connectivity index (χ1) is 14.2. The fourth-order valence-corrected chi connectivity index (χ4v) is 4.28. The van der Waals surface area contributed by atoms with Crippen LogP contribution in [0.5, 0.6) is 0 Å². The molecule has 1 amide bonds. The maximum Gasteiger partial charge on any atom is 0.253 e. The number of anilines is 1. The maximum atomic E-state index is 12.8. The van der Waals surface area contributed by atoms with Crippen LogP contribution in [0.25, 0.3) is 0 Å². The van der Waals surface area contributed by atoms with Gasteiger partial charge in [0, 0.05) is 53.6 Å². The second kappa shape index (κ2) is 9.33. The highest BCUT2D eigenvalue weighted by Crippen LogP contribution is 2.24. The van der Waals surface area contributed by atoms with Crippen molar-refractivity contribution in [1.29, 1.82) is 0 Å². The normalized spacial score (nSPS) is 14.1. The SMILES string of the molecule is O=C(c1ccc(CSc2ccc(Cl)cc2)cc1)N1CCN(c2ccccn2)CC1. The first-order valence-electron chi connectivity index (χ1n) is 9.61. The van der Waals surface area contributed by atoms with E-state index in [4.69, 9.17) is 11.6 Å². The Morgan fingerprint density at radius 2 is 1.66 bits per heavy atom. The molecule has 2 aromatic carbocycles. The minimum Gasteiger partial charge on any atom is -0.353 e. The zero-order valence-corrected chi connectivity index (χ0v) is 17.6. The van der Waals surface area contributed by atoms with Gasteiger partial charge in [0.05, 0.1) is 0 Å². The summed E-state index contributed by atoms with van der Waals surface area (Å²) in [5.41, 5.74) is 1.94. The lowest BCUT2D eigenvalue weighted by atomic mass is 10.1. The zero-order chi connectivity index (χ0) is 20.1. The summed E-state index contributed by atoms with van der Waals surface area (Å²) in [6.07, 6.45) is 1.81. The second-order valence-electron chi connectivity index (χ2n) is 6.91. The third-order valence-corrected chi connectivity index (χ3v) is 6.30. The van der Waals surface area contributed by atoms with E-state index in [1.165, 1.54) is 10.5 Å². The lowest BCUT2D eigenvalue weighted by Gasteiger charge is -2.35. The van der Waals surface area contributed by atoms with Crippen LogP contribution in [0, 0.1) is 0 Å². The molecule has 148 valence electrons. The third kappa shape index (κ3) is 5.11. The average Bonchev–Trinajstić information content (AvgIpc) is 2.79. The molecule has 1 saturated heterocycles. The third-order valence-electron chi connectivity index (χ3n) is 4.96. The topological polar surface area (TPSA) is 36.4 Å². The number of rotatable bonds is 5. The Balaban J connectivity index is 1.31. The van der Waals surface area contributed by atoms with Gasteiger partial charge in [-0.05, 0) is 54.1 Å². The van der Waals surface area contributed by atoms with Gasteiger partial charge in [0.15, 0.2) is 0 Å². The van der Waals surface area contributed by atoms with Crippen LogP contribution in [0.3, 0.4) is 0 Å². The summed E-state index contributed by atoms with van der Waals surface area (Å²) in [5, 5.41) is 0.748. The molecule has 2 heterocycles. The Kier molecular flexibility index (Phi) is 6.37. The number of hydrogen-bond donors (Lipinski definition) is 0. The van der Waals surface area contributed by atoms with Crippen molar-refractivity contribution in [2.45, 2.75) is 10.6 Å². The fraction of sp³-hybridized carbons (Fsp3) is 0.217. The van der Waals surface area contributed by atoms with Crippen molar-refractivity contribution < 1.29 is 4.79 Å². The van der Waals surface area contributed by atoms with Crippen molar-refractivity contribution in [3.05, 3.63) is 89.1 Å². The molecule has 3 aromatic rings. The molecule has 1 fully saturated rings. The number of benzene rings is 2. The molecule has 4 nitrogen and oxygen atoms in total. The number of nitrogens with zero attached hydrogens (tertiary/aromatic N) is 3. The summed E-state index contributed by atoms with van der Waals surface area (Å²) in [5.74, 6) is 1.93. The molecule has 0 aliphatic carbocycles. The maximum absolute atomic E-state index is 12.8. The highest BCUT2D eigenvalue weighted by atomic mass is 35.5. The molecule has 0 N–H and O–H groups in total. The quantitative estimate of drug-likeness (QED) is 0.542. The van der Waals surface area contributed by atoms with E-state index in [0.717, 1.165) is 35.2 Å². The molecule has 0 radical (unpaired) electrons. The van der Waals surface area contributed by atoms with Gasteiger partial charge in [0.1, 0.15) is 5.82 Å². The monoisotopic (exact) mass is 423 g/mol. The molecule has 1 aliphatic rings. The van der Waals surface area contributed by atoms with Crippen molar-refractivity contribution in [2.75, 3.05) is 31.1 Å². The van der Waals surface area contributed by atoms with Crippen LogP contribution in [0.2, 0.25) is 5.02 Å². The summed E-state index contributed by atoms with van der Waals surface area (Å²) in [6, 6.07) is 21.7. The molecule has 0 unspecified atom stereocenters. The van der Waals surface area contributed by atoms with E-state index in [2.05, 4.69) is 9.88 Å². The number of thioether (sulfide) groups is 1. The zero-order valence-electron chi connectivity index (χ0n) is 16.0. The van der Waals surface area contributed by atoms with E-state index in [0.29, 0.717) is 13.1 Å². The highest BCUT2D eigenvalue weighted by Gasteiger charge is 2.22. The van der Waals surface area contributed by atoms with Gasteiger partial charge in [-0.25, -0.2) is 4.98 Å². The summed E-state index contributed by atoms with van der Waals surface area (Å²) in [7, 11) is 0. The number of amides is 1. The Morgan fingerprint density at radius 1 is 0.931 bits per heavy atom. The second-order valence-corrected chi connectivity index (χ2v) is 8.39. The predicted octanol–water partition coefficient (Wildman–Crippen LogP) is 4.99. The fourth-order valence-electron chi connectivity index (χ4n) is 3.30. The highest BCUT2D eigenvalue weighted by molar-refractivity contribution is 7.98. The molecule has 1 aliphatic heterocycles. The molecular formula is C23H22ClN3OS. The average molecular weight is 424 g/mol. The number of carbonyl (C=O) groups excluding carboxylic acids is 1. The molecule has 29 heavy (non-hydrogen) atoms. The number of pyridine rings is 1. The van der Waals surface area contributed by atoms with Crippen LogP contribution in [0.15, 0.2) is 77.8 Å². The van der Waals surface area contributed by atoms with Gasteiger partial charge in [0.25, 0.3) is 5.91 Å². The summed E-state index contributed by atoms with van der Waals surface area (Å²) < 4.78 is 0. The Morgan fingerprint density at radius 3 is 2.31 bits per heavy atom. The van der Waals surface area contributed by atoms with Crippen LogP contribution in [-0.4, -0.2) is 42.0 Å². The first kappa shape index (κ1) is 19.8. The van der Waals surface area contributed by atoms with E-state index in [-0.39, 0.29) is 5.91 Å². The molecule has 0 atom stereocenters. The van der Waals surface area contributed by atoms with Crippen molar-refractivity contribution in [2.24, 2.45) is 0 Å². The summed E-state index contributed by atoms with van der Waals surface area (Å²) >= 11 is 7.69. The number of piperazine rings is 1. The van der Waals surface area contributed by atoms with Gasteiger partial charge in [-0.15, -0.1) is 11.8 Å². The van der Waals surface area contributed by atoms with Gasteiger partial charge >= 0.3 is 0 Å². The molecule has 6 heteroatoms. The minimum atomic E-state index is 0.0996. The lowest BCUT2D eigenvalue weighted by molar-refractivity contribution is 0.0746. The van der Waals surface area contributed by atoms with Crippen LogP contribution in [-0.2, 0) is 5.75 Å². The van der Waals surface area contributed by atoms with E-state index in [1.807, 2.05) is 71.6 Å². The number of hydrogen-bond acceptors (Lipinski definition) is 4. The van der Waals surface area contributed by atoms with Gasteiger partial charge in [0.2, 0.25) is 0 Å². The molecule has 0 bridgehead atoms. The van der Waals surface area contributed by atoms with Crippen LogP contribution >= 0.6 is 23.4 Å². The molecule has 1 aromatic heterocycles. The van der Waals surface area contributed by atoms with Crippen molar-refractivity contribution in [3.63, 3.8) is 0 Å². The van der Waals surface area contributed by atoms with Crippen molar-refractivity contribution in [3.8, 4) is 0 Å². The molecular weight excluding hydrogens is 402 g/mol. The minimum absolute atomic E-state index is 0.0996. The van der Waals surface area contributed by atoms with Gasteiger partial charge in [-0.3, -0.25) is 4.79 Å². The van der Waals surface area contributed by atoms with Crippen LogP contribution in [0.1, 0.15) is 15.9 Å². The smallest absolute Gasteiger partial charge is 0.253 e. The number of carbonyl (C=O) groups is 1. The van der Waals surface area contributed by atoms with Crippen LogP contribution in [0.4, 0.5) is 5.82 Å². The summed E-state index contributed by atoms with van der Waals surface area (Å²) in [6.45, 7) is 3.03. The number of halogens is 1. The van der Waals surface area contributed by atoms with Crippen molar-refractivity contribution >= 4 is 35.1 Å². The van der Waals surface area contributed by atoms with Crippen molar-refractivity contribution in [1.82, 2.24) is 9.88 Å². The van der Waals surface area contributed by atoms with E-state index in [1.54, 1.807) is 18.0 Å². The Bertz CT molecular complexity index is 940. The Labute approximate surface area is 180 Å². The molecule has 0 spiro atoms. The molecule has 0 saturated carbocycles.